The summed E-state index contributed by atoms with van der Waals surface area (Å²) in [6, 6.07) is 18.0. The van der Waals surface area contributed by atoms with Crippen molar-refractivity contribution in [1.29, 1.82) is 0 Å². The summed E-state index contributed by atoms with van der Waals surface area (Å²) in [7, 11) is 0. The minimum atomic E-state index is 0.0659. The molecule has 4 nitrogen and oxygen atoms in total. The average molecular weight is 447 g/mol. The highest BCUT2D eigenvalue weighted by Crippen LogP contribution is 2.32. The van der Waals surface area contributed by atoms with Gasteiger partial charge in [0.15, 0.2) is 5.78 Å². The van der Waals surface area contributed by atoms with E-state index in [0.29, 0.717) is 5.02 Å². The van der Waals surface area contributed by atoms with Crippen LogP contribution in [0.25, 0.3) is 21.7 Å². The maximum Gasteiger partial charge on any atom is 0.196 e. The maximum atomic E-state index is 13.9. The summed E-state index contributed by atoms with van der Waals surface area (Å²) in [6.07, 6.45) is 0. The fraction of sp³-hybridized carbons (Fsp3) is 0.296. The molecule has 1 aromatic heterocycles. The number of carbonyl (C=O) groups excluding carboxylic acids is 1. The lowest BCUT2D eigenvalue weighted by atomic mass is 9.93. The third-order valence-electron chi connectivity index (χ3n) is 6.64. The van der Waals surface area contributed by atoms with Gasteiger partial charge < -0.3 is 9.30 Å². The number of rotatable bonds is 5. The molecule has 0 bridgehead atoms. The van der Waals surface area contributed by atoms with Gasteiger partial charge in [0.25, 0.3) is 0 Å². The zero-order chi connectivity index (χ0) is 22.2. The first-order valence-corrected chi connectivity index (χ1v) is 11.5. The van der Waals surface area contributed by atoms with Crippen LogP contribution in [0.2, 0.25) is 5.02 Å². The van der Waals surface area contributed by atoms with Crippen molar-refractivity contribution in [2.75, 3.05) is 32.8 Å². The van der Waals surface area contributed by atoms with Crippen molar-refractivity contribution in [3.05, 3.63) is 82.0 Å². The van der Waals surface area contributed by atoms with Gasteiger partial charge in [-0.25, -0.2) is 0 Å². The third kappa shape index (κ3) is 3.73. The van der Waals surface area contributed by atoms with E-state index in [9.17, 15) is 4.79 Å². The molecule has 0 N–H and O–H groups in total. The van der Waals surface area contributed by atoms with Crippen LogP contribution in [0.1, 0.15) is 27.2 Å². The molecule has 0 spiro atoms. The number of benzene rings is 3. The molecule has 3 aromatic carbocycles. The van der Waals surface area contributed by atoms with Gasteiger partial charge in [-0.15, -0.1) is 0 Å². The lowest BCUT2D eigenvalue weighted by Crippen LogP contribution is -2.38. The van der Waals surface area contributed by atoms with Crippen molar-refractivity contribution in [3.63, 3.8) is 0 Å². The summed E-state index contributed by atoms with van der Waals surface area (Å²) in [4.78, 5) is 16.3. The minimum absolute atomic E-state index is 0.0659. The second kappa shape index (κ2) is 8.70. The summed E-state index contributed by atoms with van der Waals surface area (Å²) >= 11 is 6.37. The Kier molecular flexibility index (Phi) is 5.76. The molecule has 1 saturated heterocycles. The quantitative estimate of drug-likeness (QED) is 0.373. The van der Waals surface area contributed by atoms with E-state index in [1.807, 2.05) is 48.5 Å². The Bertz CT molecular complexity index is 1320. The number of nitrogens with zero attached hydrogens (tertiary/aromatic N) is 2. The van der Waals surface area contributed by atoms with E-state index < -0.39 is 0 Å². The van der Waals surface area contributed by atoms with Crippen LogP contribution in [-0.2, 0) is 11.3 Å². The van der Waals surface area contributed by atoms with Gasteiger partial charge in [-0.2, -0.15) is 0 Å². The highest BCUT2D eigenvalue weighted by Gasteiger charge is 2.23. The number of hydrogen-bond acceptors (Lipinski definition) is 3. The molecule has 5 rings (SSSR count). The van der Waals surface area contributed by atoms with Crippen LogP contribution < -0.4 is 0 Å². The van der Waals surface area contributed by atoms with E-state index >= 15 is 0 Å². The predicted molar refractivity (Wildman–Crippen MR) is 131 cm³/mol. The van der Waals surface area contributed by atoms with Crippen LogP contribution in [0.15, 0.2) is 54.6 Å². The lowest BCUT2D eigenvalue weighted by Gasteiger charge is -2.27. The highest BCUT2D eigenvalue weighted by molar-refractivity contribution is 6.31. The number of ether oxygens (including phenoxy) is 1. The first-order chi connectivity index (χ1) is 15.5. The molecule has 2 heterocycles. The minimum Gasteiger partial charge on any atom is -0.379 e. The molecular weight excluding hydrogens is 420 g/mol. The Morgan fingerprint density at radius 1 is 0.938 bits per heavy atom. The Balaban J connectivity index is 1.61. The zero-order valence-electron chi connectivity index (χ0n) is 18.5. The van der Waals surface area contributed by atoms with Crippen molar-refractivity contribution in [2.45, 2.75) is 20.4 Å². The van der Waals surface area contributed by atoms with Gasteiger partial charge in [0.1, 0.15) is 0 Å². The maximum absolute atomic E-state index is 13.9. The number of hydrogen-bond donors (Lipinski definition) is 0. The Hall–Kier alpha value is -2.66. The molecular formula is C27H27ClN2O2. The predicted octanol–water partition coefficient (Wildman–Crippen LogP) is 5.63. The van der Waals surface area contributed by atoms with Crippen LogP contribution >= 0.6 is 11.6 Å². The molecule has 5 heteroatoms. The fourth-order valence-corrected chi connectivity index (χ4v) is 5.04. The number of aromatic nitrogens is 1. The lowest BCUT2D eigenvalue weighted by molar-refractivity contribution is 0.0365. The van der Waals surface area contributed by atoms with Crippen LogP contribution in [0.3, 0.4) is 0 Å². The van der Waals surface area contributed by atoms with Crippen LogP contribution in [0.4, 0.5) is 0 Å². The molecule has 0 aliphatic carbocycles. The van der Waals surface area contributed by atoms with Crippen molar-refractivity contribution < 1.29 is 9.53 Å². The van der Waals surface area contributed by atoms with Gasteiger partial charge in [0.2, 0.25) is 0 Å². The second-order valence-electron chi connectivity index (χ2n) is 8.53. The van der Waals surface area contributed by atoms with Crippen LogP contribution in [0.5, 0.6) is 0 Å². The Morgan fingerprint density at radius 3 is 2.47 bits per heavy atom. The molecule has 164 valence electrons. The smallest absolute Gasteiger partial charge is 0.196 e. The van der Waals surface area contributed by atoms with Gasteiger partial charge in [0.05, 0.1) is 24.3 Å². The second-order valence-corrected chi connectivity index (χ2v) is 8.97. The largest absolute Gasteiger partial charge is 0.379 e. The van der Waals surface area contributed by atoms with Gasteiger partial charge in [0, 0.05) is 47.8 Å². The summed E-state index contributed by atoms with van der Waals surface area (Å²) in [5, 5.41) is 3.76. The SMILES string of the molecule is Cc1ccc(C(=O)c2c(C)n(CCN3CCOCC3)c3cc(Cl)ccc23)c2ccccc12. The standard InChI is InChI=1S/C27H27ClN2O2/c1-18-7-9-23(22-6-4-3-5-21(18)22)27(31)26-19(2)30(12-11-29-13-15-32-16-14-29)25-17-20(28)8-10-24(25)26/h3-10,17H,11-16H2,1-2H3. The number of morpholine rings is 1. The van der Waals surface area contributed by atoms with Crippen molar-refractivity contribution in [3.8, 4) is 0 Å². The summed E-state index contributed by atoms with van der Waals surface area (Å²) in [6.45, 7) is 9.31. The van der Waals surface area contributed by atoms with Gasteiger partial charge in [-0.05, 0) is 42.3 Å². The molecule has 0 unspecified atom stereocenters. The zero-order valence-corrected chi connectivity index (χ0v) is 19.3. The molecule has 0 atom stereocenters. The van der Waals surface area contributed by atoms with Crippen LogP contribution in [-0.4, -0.2) is 48.1 Å². The van der Waals surface area contributed by atoms with Crippen molar-refractivity contribution >= 4 is 39.1 Å². The first-order valence-electron chi connectivity index (χ1n) is 11.2. The summed E-state index contributed by atoms with van der Waals surface area (Å²) in [5.74, 6) is 0.0659. The molecule has 1 aliphatic heterocycles. The summed E-state index contributed by atoms with van der Waals surface area (Å²) in [5.41, 5.74) is 4.70. The van der Waals surface area contributed by atoms with Crippen molar-refractivity contribution in [1.82, 2.24) is 9.47 Å². The van der Waals surface area contributed by atoms with E-state index in [4.69, 9.17) is 16.3 Å². The van der Waals surface area contributed by atoms with Gasteiger partial charge in [-0.1, -0.05) is 54.1 Å². The Labute approximate surface area is 193 Å². The van der Waals surface area contributed by atoms with Gasteiger partial charge >= 0.3 is 0 Å². The number of aryl methyl sites for hydroxylation is 1. The molecule has 1 aliphatic rings. The van der Waals surface area contributed by atoms with E-state index in [0.717, 1.165) is 77.9 Å². The fourth-order valence-electron chi connectivity index (χ4n) is 4.87. The van der Waals surface area contributed by atoms with Crippen molar-refractivity contribution in [2.24, 2.45) is 0 Å². The molecule has 0 saturated carbocycles. The monoisotopic (exact) mass is 446 g/mol. The van der Waals surface area contributed by atoms with E-state index in [1.54, 1.807) is 0 Å². The van der Waals surface area contributed by atoms with E-state index in [-0.39, 0.29) is 5.78 Å². The first kappa shape index (κ1) is 21.2. The summed E-state index contributed by atoms with van der Waals surface area (Å²) < 4.78 is 7.73. The molecule has 0 amide bonds. The number of halogens is 1. The number of fused-ring (bicyclic) bond motifs is 2. The Morgan fingerprint density at radius 2 is 1.69 bits per heavy atom. The van der Waals surface area contributed by atoms with E-state index in [1.165, 1.54) is 5.56 Å². The normalized spacial score (nSPS) is 15.0. The molecule has 0 radical (unpaired) electrons. The molecule has 4 aromatic rings. The van der Waals surface area contributed by atoms with Crippen LogP contribution in [0, 0.1) is 13.8 Å². The third-order valence-corrected chi connectivity index (χ3v) is 6.88. The molecule has 1 fully saturated rings. The van der Waals surface area contributed by atoms with E-state index in [2.05, 4.69) is 29.4 Å². The average Bonchev–Trinajstić information content (AvgIpc) is 3.08. The number of ketones is 1. The molecule has 32 heavy (non-hydrogen) atoms. The highest BCUT2D eigenvalue weighted by atomic mass is 35.5. The number of carbonyl (C=O) groups is 1. The topological polar surface area (TPSA) is 34.5 Å². The van der Waals surface area contributed by atoms with Gasteiger partial charge in [-0.3, -0.25) is 9.69 Å².